The highest BCUT2D eigenvalue weighted by atomic mass is 79.9. The third-order valence-corrected chi connectivity index (χ3v) is 2.53. The van der Waals surface area contributed by atoms with Crippen LogP contribution in [0.25, 0.3) is 11.0 Å². The lowest BCUT2D eigenvalue weighted by Gasteiger charge is -2.01. The molecule has 1 aromatic heterocycles. The van der Waals surface area contributed by atoms with Crippen LogP contribution in [0.2, 0.25) is 0 Å². The van der Waals surface area contributed by atoms with E-state index in [1.54, 1.807) is 0 Å². The Labute approximate surface area is 83.3 Å². The van der Waals surface area contributed by atoms with Gasteiger partial charge in [0.05, 0.1) is 11.0 Å². The molecule has 1 aromatic carbocycles. The molecule has 0 amide bonds. The lowest BCUT2D eigenvalue weighted by atomic mass is 10.1. The number of alkyl halides is 1. The van der Waals surface area contributed by atoms with Crippen LogP contribution >= 0.6 is 15.9 Å². The Morgan fingerprint density at radius 3 is 2.69 bits per heavy atom. The van der Waals surface area contributed by atoms with Gasteiger partial charge in [-0.1, -0.05) is 22.0 Å². The van der Waals surface area contributed by atoms with Crippen LogP contribution in [0.1, 0.15) is 17.3 Å². The first-order valence-corrected chi connectivity index (χ1v) is 4.94. The zero-order valence-electron chi connectivity index (χ0n) is 7.10. The molecule has 0 saturated carbocycles. The number of imidazole rings is 1. The summed E-state index contributed by atoms with van der Waals surface area (Å²) in [4.78, 5) is 16.7. The second-order valence-corrected chi connectivity index (χ2v) is 4.37. The van der Waals surface area contributed by atoms with Gasteiger partial charge in [0.1, 0.15) is 0 Å². The Balaban J connectivity index is 2.68. The molecule has 68 valence electrons. The molecule has 13 heavy (non-hydrogen) atoms. The van der Waals surface area contributed by atoms with E-state index in [2.05, 4.69) is 25.9 Å². The molecule has 4 heteroatoms. The van der Waals surface area contributed by atoms with Crippen LogP contribution in [0, 0.1) is 0 Å². The Hall–Kier alpha value is -1.03. The molecule has 3 nitrogen and oxygen atoms in total. The molecule has 1 atom stereocenters. The molecule has 2 N–H and O–H groups in total. The number of H-pyrrole nitrogens is 2. The first kappa shape index (κ1) is 8.56. The van der Waals surface area contributed by atoms with Crippen molar-refractivity contribution >= 4 is 27.0 Å². The Morgan fingerprint density at radius 2 is 2.00 bits per heavy atom. The molecule has 0 bridgehead atoms. The molecular formula is C9H9BrN2O. The number of aromatic amines is 2. The fourth-order valence-electron chi connectivity index (χ4n) is 1.30. The molecule has 1 unspecified atom stereocenters. The fraction of sp³-hybridized carbons (Fsp3) is 0.222. The highest BCUT2D eigenvalue weighted by molar-refractivity contribution is 9.09. The van der Waals surface area contributed by atoms with Crippen molar-refractivity contribution in [2.24, 2.45) is 0 Å². The zero-order valence-corrected chi connectivity index (χ0v) is 8.68. The molecule has 0 spiro atoms. The average Bonchev–Trinajstić information content (AvgIpc) is 2.42. The summed E-state index contributed by atoms with van der Waals surface area (Å²) in [6.45, 7) is 2.05. The maximum atomic E-state index is 10.9. The fourth-order valence-corrected chi connectivity index (χ4v) is 1.58. The van der Waals surface area contributed by atoms with Crippen LogP contribution in [0.3, 0.4) is 0 Å². The summed E-state index contributed by atoms with van der Waals surface area (Å²) < 4.78 is 0. The molecule has 0 aliphatic carbocycles. The van der Waals surface area contributed by atoms with E-state index < -0.39 is 0 Å². The van der Waals surface area contributed by atoms with Crippen molar-refractivity contribution < 1.29 is 0 Å². The lowest BCUT2D eigenvalue weighted by molar-refractivity contribution is 1.13. The monoisotopic (exact) mass is 240 g/mol. The van der Waals surface area contributed by atoms with Gasteiger partial charge >= 0.3 is 5.69 Å². The first-order chi connectivity index (χ1) is 6.16. The molecule has 0 saturated heterocycles. The van der Waals surface area contributed by atoms with Gasteiger partial charge in [0.2, 0.25) is 0 Å². The van der Waals surface area contributed by atoms with Crippen LogP contribution in [-0.4, -0.2) is 9.97 Å². The summed E-state index contributed by atoms with van der Waals surface area (Å²) in [5.41, 5.74) is 2.70. The predicted molar refractivity (Wildman–Crippen MR) is 56.3 cm³/mol. The number of hydrogen-bond acceptors (Lipinski definition) is 1. The first-order valence-electron chi connectivity index (χ1n) is 4.03. The number of aromatic nitrogens is 2. The van der Waals surface area contributed by atoms with Gasteiger partial charge in [-0.3, -0.25) is 0 Å². The summed E-state index contributed by atoms with van der Waals surface area (Å²) in [7, 11) is 0. The van der Waals surface area contributed by atoms with Crippen LogP contribution < -0.4 is 5.69 Å². The summed E-state index contributed by atoms with van der Waals surface area (Å²) >= 11 is 3.47. The minimum absolute atomic E-state index is 0.158. The molecular weight excluding hydrogens is 232 g/mol. The highest BCUT2D eigenvalue weighted by Crippen LogP contribution is 2.23. The van der Waals surface area contributed by atoms with Gasteiger partial charge in [-0.15, -0.1) is 0 Å². The van der Waals surface area contributed by atoms with E-state index >= 15 is 0 Å². The third-order valence-electron chi connectivity index (χ3n) is 2.00. The van der Waals surface area contributed by atoms with E-state index in [4.69, 9.17) is 0 Å². The summed E-state index contributed by atoms with van der Waals surface area (Å²) in [6, 6.07) is 5.86. The average molecular weight is 241 g/mol. The Bertz CT molecular complexity index is 484. The Kier molecular flexibility index (Phi) is 2.00. The predicted octanol–water partition coefficient (Wildman–Crippen LogP) is 2.31. The van der Waals surface area contributed by atoms with Crippen molar-refractivity contribution in [1.82, 2.24) is 9.97 Å². The second-order valence-electron chi connectivity index (χ2n) is 3.00. The third kappa shape index (κ3) is 1.54. The second kappa shape index (κ2) is 3.03. The van der Waals surface area contributed by atoms with E-state index in [1.807, 2.05) is 25.1 Å². The molecule has 1 heterocycles. The number of fused-ring (bicyclic) bond motifs is 1. The maximum absolute atomic E-state index is 10.9. The maximum Gasteiger partial charge on any atom is 0.323 e. The van der Waals surface area contributed by atoms with Gasteiger partial charge < -0.3 is 9.97 Å². The van der Waals surface area contributed by atoms with Gasteiger partial charge in [0.15, 0.2) is 0 Å². The zero-order chi connectivity index (χ0) is 9.42. The van der Waals surface area contributed by atoms with Gasteiger partial charge in [-0.05, 0) is 24.6 Å². The highest BCUT2D eigenvalue weighted by Gasteiger charge is 2.03. The van der Waals surface area contributed by atoms with Crippen molar-refractivity contribution in [3.05, 3.63) is 34.2 Å². The van der Waals surface area contributed by atoms with Gasteiger partial charge in [-0.25, -0.2) is 4.79 Å². The summed E-state index contributed by atoms with van der Waals surface area (Å²) in [6.07, 6.45) is 0. The van der Waals surface area contributed by atoms with Crippen molar-refractivity contribution in [2.45, 2.75) is 11.8 Å². The topological polar surface area (TPSA) is 48.6 Å². The number of halogens is 1. The van der Waals surface area contributed by atoms with Crippen LogP contribution in [0.15, 0.2) is 23.0 Å². The minimum Gasteiger partial charge on any atom is -0.306 e. The van der Waals surface area contributed by atoms with Gasteiger partial charge in [-0.2, -0.15) is 0 Å². The quantitative estimate of drug-likeness (QED) is 0.739. The molecule has 2 rings (SSSR count). The van der Waals surface area contributed by atoms with Crippen LogP contribution in [0.4, 0.5) is 0 Å². The SMILES string of the molecule is CC(Br)c1ccc2[nH]c(=O)[nH]c2c1. The lowest BCUT2D eigenvalue weighted by Crippen LogP contribution is -1.99. The molecule has 0 aliphatic heterocycles. The number of nitrogens with one attached hydrogen (secondary N) is 2. The van der Waals surface area contributed by atoms with Gasteiger partial charge in [0, 0.05) is 4.83 Å². The van der Waals surface area contributed by atoms with E-state index in [-0.39, 0.29) is 5.69 Å². The summed E-state index contributed by atoms with van der Waals surface area (Å²) in [5.74, 6) is 0. The van der Waals surface area contributed by atoms with E-state index in [9.17, 15) is 4.79 Å². The van der Waals surface area contributed by atoms with Crippen LogP contribution in [0.5, 0.6) is 0 Å². The smallest absolute Gasteiger partial charge is 0.306 e. The van der Waals surface area contributed by atoms with Crippen LogP contribution in [-0.2, 0) is 0 Å². The molecule has 2 aromatic rings. The molecule has 0 aliphatic rings. The van der Waals surface area contributed by atoms with Crippen molar-refractivity contribution in [1.29, 1.82) is 0 Å². The van der Waals surface area contributed by atoms with E-state index in [1.165, 1.54) is 0 Å². The Morgan fingerprint density at radius 1 is 1.31 bits per heavy atom. The van der Waals surface area contributed by atoms with E-state index in [0.29, 0.717) is 4.83 Å². The number of benzene rings is 1. The van der Waals surface area contributed by atoms with Gasteiger partial charge in [0.25, 0.3) is 0 Å². The van der Waals surface area contributed by atoms with Crippen molar-refractivity contribution in [3.8, 4) is 0 Å². The van der Waals surface area contributed by atoms with Crippen molar-refractivity contribution in [3.63, 3.8) is 0 Å². The number of hydrogen-bond donors (Lipinski definition) is 2. The minimum atomic E-state index is -0.158. The molecule has 0 fully saturated rings. The largest absolute Gasteiger partial charge is 0.323 e. The number of rotatable bonds is 1. The molecule has 0 radical (unpaired) electrons. The normalized spacial score (nSPS) is 13.4. The van der Waals surface area contributed by atoms with E-state index in [0.717, 1.165) is 16.6 Å². The van der Waals surface area contributed by atoms with Crippen molar-refractivity contribution in [2.75, 3.05) is 0 Å². The standard InChI is InChI=1S/C9H9BrN2O/c1-5(10)6-2-3-7-8(4-6)12-9(13)11-7/h2-5H,1H3,(H2,11,12,13). The summed E-state index contributed by atoms with van der Waals surface area (Å²) in [5, 5.41) is 0.